The Hall–Kier alpha value is -2.41. The summed E-state index contributed by atoms with van der Waals surface area (Å²) in [5, 5.41) is 12.1. The molecule has 4 heteroatoms. The summed E-state index contributed by atoms with van der Waals surface area (Å²) in [5.74, 6) is -0.526. The van der Waals surface area contributed by atoms with Gasteiger partial charge in [-0.05, 0) is 36.8 Å². The summed E-state index contributed by atoms with van der Waals surface area (Å²) in [4.78, 5) is 24.1. The lowest BCUT2D eigenvalue weighted by Gasteiger charge is -2.17. The number of hydrogen-bond donors (Lipinski definition) is 1. The number of carbonyl (C=O) groups excluding carboxylic acids is 2. The maximum atomic E-state index is 12.7. The van der Waals surface area contributed by atoms with Crippen LogP contribution in [0.25, 0.3) is 0 Å². The quantitative estimate of drug-likeness (QED) is 0.671. The molecule has 1 fully saturated rings. The number of nitrogens with one attached hydrogen (secondary N) is 1. The van der Waals surface area contributed by atoms with Gasteiger partial charge in [0.15, 0.2) is 5.78 Å². The molecule has 0 saturated heterocycles. The van der Waals surface area contributed by atoms with E-state index in [2.05, 4.69) is 11.4 Å². The number of rotatable bonds is 5. The standard InChI is InChI=1S/C18H20N2O2/c1-13(21)20-17(11-14-7-3-2-4-8-14)18(22)16(12-19)15-9-5-6-10-15/h2-4,7-8,17H,5-6,9-11H2,1H3,(H,20,21)/t17-/m0/s1. The van der Waals surface area contributed by atoms with Crippen LogP contribution in [-0.4, -0.2) is 17.7 Å². The van der Waals surface area contributed by atoms with Gasteiger partial charge in [0.1, 0.15) is 6.07 Å². The lowest BCUT2D eigenvalue weighted by Crippen LogP contribution is -2.42. The molecule has 1 N–H and O–H groups in total. The molecule has 0 spiro atoms. The van der Waals surface area contributed by atoms with Crippen molar-refractivity contribution in [3.63, 3.8) is 0 Å². The maximum absolute atomic E-state index is 12.7. The van der Waals surface area contributed by atoms with Gasteiger partial charge in [-0.1, -0.05) is 30.3 Å². The highest BCUT2D eigenvalue weighted by Gasteiger charge is 2.26. The van der Waals surface area contributed by atoms with Gasteiger partial charge in [0.25, 0.3) is 0 Å². The molecule has 1 aliphatic carbocycles. The molecule has 1 aromatic rings. The second-order valence-corrected chi connectivity index (χ2v) is 5.60. The Morgan fingerprint density at radius 2 is 1.86 bits per heavy atom. The second-order valence-electron chi connectivity index (χ2n) is 5.60. The van der Waals surface area contributed by atoms with Crippen LogP contribution in [0.15, 0.2) is 41.5 Å². The molecule has 0 unspecified atom stereocenters. The van der Waals surface area contributed by atoms with Gasteiger partial charge < -0.3 is 5.32 Å². The molecule has 1 amide bonds. The summed E-state index contributed by atoms with van der Waals surface area (Å²) in [6.07, 6.45) is 4.08. The summed E-state index contributed by atoms with van der Waals surface area (Å²) in [6.45, 7) is 1.39. The molecule has 1 aromatic carbocycles. The van der Waals surface area contributed by atoms with E-state index in [-0.39, 0.29) is 17.3 Å². The third-order valence-corrected chi connectivity index (χ3v) is 3.90. The van der Waals surface area contributed by atoms with Gasteiger partial charge in [-0.2, -0.15) is 5.26 Å². The lowest BCUT2D eigenvalue weighted by atomic mass is 9.94. The van der Waals surface area contributed by atoms with E-state index in [1.807, 2.05) is 30.3 Å². The van der Waals surface area contributed by atoms with Crippen molar-refractivity contribution in [1.29, 1.82) is 5.26 Å². The normalized spacial score (nSPS) is 15.0. The van der Waals surface area contributed by atoms with Gasteiger partial charge in [0.05, 0.1) is 11.6 Å². The lowest BCUT2D eigenvalue weighted by molar-refractivity contribution is -0.124. The predicted molar refractivity (Wildman–Crippen MR) is 83.9 cm³/mol. The van der Waals surface area contributed by atoms with Crippen LogP contribution in [0.1, 0.15) is 38.2 Å². The monoisotopic (exact) mass is 296 g/mol. The first-order valence-corrected chi connectivity index (χ1v) is 7.59. The van der Waals surface area contributed by atoms with Crippen LogP contribution in [0.5, 0.6) is 0 Å². The molecule has 2 rings (SSSR count). The highest BCUT2D eigenvalue weighted by molar-refractivity contribution is 6.05. The van der Waals surface area contributed by atoms with Gasteiger partial charge in [-0.15, -0.1) is 0 Å². The third-order valence-electron chi connectivity index (χ3n) is 3.90. The number of benzene rings is 1. The first-order valence-electron chi connectivity index (χ1n) is 7.59. The fourth-order valence-corrected chi connectivity index (χ4v) is 2.84. The Labute approximate surface area is 130 Å². The van der Waals surface area contributed by atoms with E-state index in [4.69, 9.17) is 0 Å². The molecule has 22 heavy (non-hydrogen) atoms. The van der Waals surface area contributed by atoms with Crippen molar-refractivity contribution in [2.45, 2.75) is 45.1 Å². The van der Waals surface area contributed by atoms with Crippen molar-refractivity contribution in [2.75, 3.05) is 0 Å². The van der Waals surface area contributed by atoms with Gasteiger partial charge in [-0.25, -0.2) is 0 Å². The molecule has 0 aromatic heterocycles. The van der Waals surface area contributed by atoms with E-state index in [1.54, 1.807) is 0 Å². The van der Waals surface area contributed by atoms with Crippen molar-refractivity contribution in [1.82, 2.24) is 5.32 Å². The molecule has 114 valence electrons. The van der Waals surface area contributed by atoms with E-state index in [9.17, 15) is 14.9 Å². The number of Topliss-reactive ketones (excluding diaryl/α,β-unsaturated/α-hetero) is 1. The van der Waals surface area contributed by atoms with Crippen molar-refractivity contribution in [3.05, 3.63) is 47.0 Å². The molecule has 0 bridgehead atoms. The fraction of sp³-hybridized carbons (Fsp3) is 0.389. The molecule has 1 saturated carbocycles. The topological polar surface area (TPSA) is 70.0 Å². The number of amides is 1. The number of hydrogen-bond acceptors (Lipinski definition) is 3. The first-order chi connectivity index (χ1) is 10.6. The summed E-state index contributed by atoms with van der Waals surface area (Å²) in [5.41, 5.74) is 2.14. The summed E-state index contributed by atoms with van der Waals surface area (Å²) in [6, 6.07) is 10.9. The van der Waals surface area contributed by atoms with E-state index >= 15 is 0 Å². The van der Waals surface area contributed by atoms with Gasteiger partial charge in [0, 0.05) is 13.3 Å². The van der Waals surface area contributed by atoms with Crippen LogP contribution >= 0.6 is 0 Å². The van der Waals surface area contributed by atoms with E-state index in [1.165, 1.54) is 6.92 Å². The number of nitriles is 1. The number of allylic oxidation sites excluding steroid dienone is 1. The fourth-order valence-electron chi connectivity index (χ4n) is 2.84. The summed E-state index contributed by atoms with van der Waals surface area (Å²) < 4.78 is 0. The smallest absolute Gasteiger partial charge is 0.217 e. The minimum atomic E-state index is -0.678. The highest BCUT2D eigenvalue weighted by atomic mass is 16.2. The molecule has 1 aliphatic rings. The van der Waals surface area contributed by atoms with Crippen molar-refractivity contribution in [2.24, 2.45) is 0 Å². The SMILES string of the molecule is CC(=O)N[C@@H](Cc1ccccc1)C(=O)C(C#N)=C1CCCC1. The zero-order valence-corrected chi connectivity index (χ0v) is 12.8. The Kier molecular flexibility index (Phi) is 5.48. The van der Waals surface area contributed by atoms with E-state index < -0.39 is 6.04 Å². The zero-order chi connectivity index (χ0) is 15.9. The van der Waals surface area contributed by atoms with Crippen LogP contribution in [0, 0.1) is 11.3 Å². The van der Waals surface area contributed by atoms with Crippen LogP contribution in [0.3, 0.4) is 0 Å². The van der Waals surface area contributed by atoms with Crippen LogP contribution < -0.4 is 5.32 Å². The Morgan fingerprint density at radius 1 is 1.23 bits per heavy atom. The number of carbonyl (C=O) groups is 2. The minimum Gasteiger partial charge on any atom is -0.346 e. The number of nitrogens with zero attached hydrogens (tertiary/aromatic N) is 1. The van der Waals surface area contributed by atoms with E-state index in [0.29, 0.717) is 6.42 Å². The maximum Gasteiger partial charge on any atom is 0.217 e. The summed E-state index contributed by atoms with van der Waals surface area (Å²) >= 11 is 0. The Bertz CT molecular complexity index is 618. The van der Waals surface area contributed by atoms with E-state index in [0.717, 1.165) is 36.8 Å². The highest BCUT2D eigenvalue weighted by Crippen LogP contribution is 2.27. The van der Waals surface area contributed by atoms with Gasteiger partial charge >= 0.3 is 0 Å². The minimum absolute atomic E-state index is 0.243. The Balaban J connectivity index is 2.24. The third kappa shape index (κ3) is 4.05. The molecule has 1 atom stereocenters. The van der Waals surface area contributed by atoms with Crippen LogP contribution in [0.4, 0.5) is 0 Å². The van der Waals surface area contributed by atoms with Crippen molar-refractivity contribution < 1.29 is 9.59 Å². The molecular formula is C18H20N2O2. The summed E-state index contributed by atoms with van der Waals surface area (Å²) in [7, 11) is 0. The predicted octanol–water partition coefficient (Wildman–Crippen LogP) is 2.70. The van der Waals surface area contributed by atoms with Crippen LogP contribution in [0.2, 0.25) is 0 Å². The number of ketones is 1. The molecule has 0 heterocycles. The molecule has 0 aliphatic heterocycles. The molecule has 4 nitrogen and oxygen atoms in total. The zero-order valence-electron chi connectivity index (χ0n) is 12.8. The molecule has 0 radical (unpaired) electrons. The van der Waals surface area contributed by atoms with Crippen molar-refractivity contribution >= 4 is 11.7 Å². The average Bonchev–Trinajstić information content (AvgIpc) is 3.02. The average molecular weight is 296 g/mol. The molecular weight excluding hydrogens is 276 g/mol. The van der Waals surface area contributed by atoms with Crippen molar-refractivity contribution in [3.8, 4) is 6.07 Å². The largest absolute Gasteiger partial charge is 0.346 e. The van der Waals surface area contributed by atoms with Crippen LogP contribution in [-0.2, 0) is 16.0 Å². The van der Waals surface area contributed by atoms with Gasteiger partial charge in [-0.3, -0.25) is 9.59 Å². The first kappa shape index (κ1) is 16.0. The van der Waals surface area contributed by atoms with Gasteiger partial charge in [0.2, 0.25) is 5.91 Å². The second kappa shape index (κ2) is 7.56. The Morgan fingerprint density at radius 3 is 2.41 bits per heavy atom.